The van der Waals surface area contributed by atoms with Crippen LogP contribution in [0, 0.1) is 0 Å². The maximum atomic E-state index is 11.0. The average Bonchev–Trinajstić information content (AvgIpc) is 3.28. The molecule has 1 aromatic carbocycles. The number of aliphatic hydroxyl groups is 2. The topological polar surface area (TPSA) is 152 Å². The van der Waals surface area contributed by atoms with Crippen LogP contribution in [0.5, 0.6) is 5.75 Å². The molecule has 1 aliphatic heterocycles. The van der Waals surface area contributed by atoms with Gasteiger partial charge in [-0.25, -0.2) is 15.0 Å². The number of carbonyl (C=O) groups excluding carboxylic acids is 1. The van der Waals surface area contributed by atoms with Crippen molar-refractivity contribution in [2.45, 2.75) is 38.0 Å². The number of phenols is 1. The second-order valence-electron chi connectivity index (χ2n) is 6.92. The highest BCUT2D eigenvalue weighted by atomic mass is 16.6. The zero-order valence-corrected chi connectivity index (χ0v) is 16.0. The minimum Gasteiger partial charge on any atom is -0.508 e. The van der Waals surface area contributed by atoms with Crippen LogP contribution in [0.4, 0.5) is 5.82 Å². The molecule has 4 N–H and O–H groups in total. The average molecular weight is 415 g/mol. The number of carbonyl (C=O) groups is 1. The summed E-state index contributed by atoms with van der Waals surface area (Å²) in [6, 6.07) is 6.76. The van der Waals surface area contributed by atoms with E-state index < -0.39 is 30.5 Å². The molecule has 158 valence electrons. The van der Waals surface area contributed by atoms with E-state index in [4.69, 9.17) is 9.47 Å². The normalized spacial score (nSPS) is 23.6. The number of benzene rings is 1. The Morgan fingerprint density at radius 1 is 1.20 bits per heavy atom. The summed E-state index contributed by atoms with van der Waals surface area (Å²) in [6.45, 7) is 1.53. The summed E-state index contributed by atoms with van der Waals surface area (Å²) in [7, 11) is 0. The van der Waals surface area contributed by atoms with E-state index in [-0.39, 0.29) is 12.4 Å². The SMILES string of the molecule is CC(=O)OC[C@H]1O[C@@H](n2cnc3c(NCc4ccc(O)cc4)ncnc32)[C@H](O)[C@@H]1O. The number of nitrogens with zero attached hydrogens (tertiary/aromatic N) is 4. The van der Waals surface area contributed by atoms with Crippen LogP contribution in [-0.4, -0.2) is 65.7 Å². The number of aromatic hydroxyl groups is 1. The maximum Gasteiger partial charge on any atom is 0.302 e. The van der Waals surface area contributed by atoms with Crippen molar-refractivity contribution in [1.29, 1.82) is 0 Å². The maximum absolute atomic E-state index is 11.0. The molecule has 1 aliphatic rings. The molecule has 3 aromatic rings. The molecule has 0 bridgehead atoms. The van der Waals surface area contributed by atoms with Gasteiger partial charge in [-0.05, 0) is 17.7 Å². The van der Waals surface area contributed by atoms with Gasteiger partial charge in [0, 0.05) is 13.5 Å². The molecule has 30 heavy (non-hydrogen) atoms. The first-order valence-electron chi connectivity index (χ1n) is 9.28. The number of hydrogen-bond donors (Lipinski definition) is 4. The smallest absolute Gasteiger partial charge is 0.302 e. The fraction of sp³-hybridized carbons (Fsp3) is 0.368. The zero-order valence-electron chi connectivity index (χ0n) is 16.0. The van der Waals surface area contributed by atoms with Crippen LogP contribution in [0.2, 0.25) is 0 Å². The number of anilines is 1. The van der Waals surface area contributed by atoms with Gasteiger partial charge in [0.05, 0.1) is 6.33 Å². The molecule has 3 heterocycles. The van der Waals surface area contributed by atoms with E-state index in [9.17, 15) is 20.1 Å². The number of esters is 1. The summed E-state index contributed by atoms with van der Waals surface area (Å²) < 4.78 is 12.1. The van der Waals surface area contributed by atoms with Gasteiger partial charge in [-0.1, -0.05) is 12.1 Å². The quantitative estimate of drug-likeness (QED) is 0.414. The Morgan fingerprint density at radius 2 is 1.97 bits per heavy atom. The van der Waals surface area contributed by atoms with Crippen molar-refractivity contribution < 1.29 is 29.6 Å². The van der Waals surface area contributed by atoms with E-state index in [2.05, 4.69) is 20.3 Å². The van der Waals surface area contributed by atoms with Crippen molar-refractivity contribution in [3.8, 4) is 5.75 Å². The first-order valence-corrected chi connectivity index (χ1v) is 9.28. The molecule has 0 unspecified atom stereocenters. The van der Waals surface area contributed by atoms with E-state index in [1.165, 1.54) is 24.1 Å². The number of imidazole rings is 1. The minimum absolute atomic E-state index is 0.175. The Kier molecular flexibility index (Phi) is 5.48. The highest BCUT2D eigenvalue weighted by Gasteiger charge is 2.44. The van der Waals surface area contributed by atoms with E-state index in [0.717, 1.165) is 5.56 Å². The molecule has 1 saturated heterocycles. The van der Waals surface area contributed by atoms with Crippen molar-refractivity contribution in [2.24, 2.45) is 0 Å². The van der Waals surface area contributed by atoms with Crippen LogP contribution in [0.15, 0.2) is 36.9 Å². The number of ether oxygens (including phenoxy) is 2. The second-order valence-corrected chi connectivity index (χ2v) is 6.92. The van der Waals surface area contributed by atoms with Gasteiger partial charge in [-0.2, -0.15) is 0 Å². The number of aliphatic hydroxyl groups excluding tert-OH is 2. The molecule has 2 aromatic heterocycles. The van der Waals surface area contributed by atoms with Crippen LogP contribution in [0.25, 0.3) is 11.2 Å². The Bertz CT molecular complexity index is 1040. The van der Waals surface area contributed by atoms with E-state index in [1.807, 2.05) is 0 Å². The molecule has 1 fully saturated rings. The molecular formula is C19H21N5O6. The predicted molar refractivity (Wildman–Crippen MR) is 103 cm³/mol. The highest BCUT2D eigenvalue weighted by Crippen LogP contribution is 2.32. The summed E-state index contributed by atoms with van der Waals surface area (Å²) in [6.07, 6.45) is -1.52. The Hall–Kier alpha value is -3.28. The molecule has 4 atom stereocenters. The van der Waals surface area contributed by atoms with E-state index >= 15 is 0 Å². The van der Waals surface area contributed by atoms with Gasteiger partial charge in [-0.3, -0.25) is 9.36 Å². The largest absolute Gasteiger partial charge is 0.508 e. The lowest BCUT2D eigenvalue weighted by Crippen LogP contribution is -2.34. The van der Waals surface area contributed by atoms with Crippen molar-refractivity contribution in [3.05, 3.63) is 42.5 Å². The molecule has 4 rings (SSSR count). The van der Waals surface area contributed by atoms with Crippen molar-refractivity contribution in [1.82, 2.24) is 19.5 Å². The minimum atomic E-state index is -1.26. The standard InChI is InChI=1S/C19H21N5O6/c1-10(25)29-7-13-15(27)16(28)19(30-13)24-9-23-14-17(21-8-22-18(14)24)20-6-11-2-4-12(26)5-3-11/h2-5,8-9,13,15-16,19,26-28H,6-7H2,1H3,(H,20,21,22)/t13-,15-,16-,19-/m1/s1. The van der Waals surface area contributed by atoms with Crippen LogP contribution < -0.4 is 5.32 Å². The lowest BCUT2D eigenvalue weighted by Gasteiger charge is -2.16. The molecule has 11 heteroatoms. The molecule has 0 saturated carbocycles. The van der Waals surface area contributed by atoms with E-state index in [0.29, 0.717) is 23.5 Å². The lowest BCUT2D eigenvalue weighted by molar-refractivity contribution is -0.147. The molecule has 0 radical (unpaired) electrons. The number of aromatic nitrogens is 4. The summed E-state index contributed by atoms with van der Waals surface area (Å²) in [5.41, 5.74) is 1.80. The molecule has 11 nitrogen and oxygen atoms in total. The van der Waals surface area contributed by atoms with Crippen LogP contribution in [0.3, 0.4) is 0 Å². The number of fused-ring (bicyclic) bond motifs is 1. The number of nitrogens with one attached hydrogen (secondary N) is 1. The van der Waals surface area contributed by atoms with Crippen LogP contribution >= 0.6 is 0 Å². The lowest BCUT2D eigenvalue weighted by atomic mass is 10.1. The Labute approximate surface area is 170 Å². The predicted octanol–water partition coefficient (Wildman–Crippen LogP) is 0.326. The van der Waals surface area contributed by atoms with E-state index in [1.54, 1.807) is 24.3 Å². The fourth-order valence-corrected chi connectivity index (χ4v) is 3.26. The van der Waals surface area contributed by atoms with Gasteiger partial charge in [0.1, 0.15) is 37.0 Å². The molecule has 0 aliphatic carbocycles. The van der Waals surface area contributed by atoms with Gasteiger partial charge in [0.15, 0.2) is 23.2 Å². The second kappa shape index (κ2) is 8.22. The third-order valence-corrected chi connectivity index (χ3v) is 4.82. The van der Waals surface area contributed by atoms with Gasteiger partial charge in [0.2, 0.25) is 0 Å². The first-order chi connectivity index (χ1) is 14.4. The number of phenolic OH excluding ortho intramolecular Hbond substituents is 1. The van der Waals surface area contributed by atoms with Crippen LogP contribution in [-0.2, 0) is 20.8 Å². The van der Waals surface area contributed by atoms with Crippen molar-refractivity contribution in [2.75, 3.05) is 11.9 Å². The summed E-state index contributed by atoms with van der Waals surface area (Å²) >= 11 is 0. The zero-order chi connectivity index (χ0) is 21.3. The van der Waals surface area contributed by atoms with Gasteiger partial charge in [-0.15, -0.1) is 0 Å². The van der Waals surface area contributed by atoms with Crippen molar-refractivity contribution in [3.63, 3.8) is 0 Å². The highest BCUT2D eigenvalue weighted by molar-refractivity contribution is 5.82. The monoisotopic (exact) mass is 415 g/mol. The first kappa shape index (κ1) is 20.0. The molecule has 0 spiro atoms. The van der Waals surface area contributed by atoms with Gasteiger partial charge < -0.3 is 30.1 Å². The number of rotatable bonds is 6. The summed E-state index contributed by atoms with van der Waals surface area (Å²) in [4.78, 5) is 23.8. The number of hydrogen-bond acceptors (Lipinski definition) is 10. The summed E-state index contributed by atoms with van der Waals surface area (Å²) in [5.74, 6) is 0.163. The summed E-state index contributed by atoms with van der Waals surface area (Å²) in [5, 5.41) is 33.2. The van der Waals surface area contributed by atoms with Crippen LogP contribution in [0.1, 0.15) is 18.7 Å². The van der Waals surface area contributed by atoms with Gasteiger partial charge in [0.25, 0.3) is 0 Å². The molecular weight excluding hydrogens is 394 g/mol. The molecule has 0 amide bonds. The van der Waals surface area contributed by atoms with Gasteiger partial charge >= 0.3 is 5.97 Å². The Balaban J connectivity index is 1.54. The third kappa shape index (κ3) is 3.90. The van der Waals surface area contributed by atoms with Crippen molar-refractivity contribution >= 4 is 23.0 Å². The third-order valence-electron chi connectivity index (χ3n) is 4.82. The fourth-order valence-electron chi connectivity index (χ4n) is 3.26. The Morgan fingerprint density at radius 3 is 2.70 bits per heavy atom.